The Labute approximate surface area is 237 Å². The van der Waals surface area contributed by atoms with E-state index < -0.39 is 5.41 Å². The van der Waals surface area contributed by atoms with Gasteiger partial charge in [0, 0.05) is 61.6 Å². The second kappa shape index (κ2) is 10.5. The number of hydrogen-bond donors (Lipinski definition) is 1. The van der Waals surface area contributed by atoms with Gasteiger partial charge in [-0.15, -0.1) is 17.9 Å². The number of amides is 1. The van der Waals surface area contributed by atoms with E-state index in [1.807, 2.05) is 6.08 Å². The number of aromatic amines is 1. The van der Waals surface area contributed by atoms with Crippen molar-refractivity contribution in [1.82, 2.24) is 19.7 Å². The Morgan fingerprint density at radius 3 is 2.23 bits per heavy atom. The summed E-state index contributed by atoms with van der Waals surface area (Å²) in [6.45, 7) is 19.0. The maximum Gasteiger partial charge on any atom is 0.233 e. The molecule has 3 fully saturated rings. The highest BCUT2D eigenvalue weighted by atomic mass is 32.1. The van der Waals surface area contributed by atoms with Crippen molar-refractivity contribution in [1.29, 1.82) is 0 Å². The normalized spacial score (nSPS) is 22.3. The second-order valence-electron chi connectivity index (χ2n) is 12.7. The largest absolute Gasteiger partial charge is 0.346 e. The third-order valence-corrected chi connectivity index (χ3v) is 10.9. The summed E-state index contributed by atoms with van der Waals surface area (Å²) in [5.74, 6) is 0.324. The number of fused-ring (bicyclic) bond motifs is 3. The predicted molar refractivity (Wildman–Crippen MR) is 164 cm³/mol. The molecule has 6 heteroatoms. The van der Waals surface area contributed by atoms with Gasteiger partial charge in [0.15, 0.2) is 0 Å². The van der Waals surface area contributed by atoms with Gasteiger partial charge in [0.2, 0.25) is 5.91 Å². The second-order valence-corrected chi connectivity index (χ2v) is 13.7. The van der Waals surface area contributed by atoms with Crippen LogP contribution in [0.25, 0.3) is 21.5 Å². The molecule has 3 aliphatic heterocycles. The number of benzene rings is 1. The molecule has 1 aromatic carbocycles. The summed E-state index contributed by atoms with van der Waals surface area (Å²) < 4.78 is 0. The average molecular weight is 545 g/mol. The Kier molecular flexibility index (Phi) is 7.23. The molecule has 0 unspecified atom stereocenters. The van der Waals surface area contributed by atoms with E-state index in [0.29, 0.717) is 18.0 Å². The van der Waals surface area contributed by atoms with Crippen LogP contribution in [0.2, 0.25) is 0 Å². The molecule has 3 saturated heterocycles. The molecular weight excluding hydrogens is 500 g/mol. The number of nitrogens with zero attached hydrogens (tertiary/aromatic N) is 3. The summed E-state index contributed by atoms with van der Waals surface area (Å²) >= 11 is 1.79. The van der Waals surface area contributed by atoms with E-state index in [1.54, 1.807) is 11.3 Å². The molecule has 3 aromatic rings. The molecule has 2 bridgehead atoms. The van der Waals surface area contributed by atoms with Crippen LogP contribution in [0.1, 0.15) is 61.1 Å². The van der Waals surface area contributed by atoms with E-state index >= 15 is 0 Å². The third kappa shape index (κ3) is 5.00. The summed E-state index contributed by atoms with van der Waals surface area (Å²) in [4.78, 5) is 27.4. The third-order valence-electron chi connectivity index (χ3n) is 9.48. The fourth-order valence-electron chi connectivity index (χ4n) is 7.29. The fraction of sp³-hybridized carbons (Fsp3) is 0.545. The first-order valence-corrected chi connectivity index (χ1v) is 15.7. The highest BCUT2D eigenvalue weighted by Crippen LogP contribution is 2.44. The number of hydrogen-bond acceptors (Lipinski definition) is 4. The predicted octanol–water partition coefficient (Wildman–Crippen LogP) is 6.29. The lowest BCUT2D eigenvalue weighted by molar-refractivity contribution is -0.137. The minimum absolute atomic E-state index is 0.324. The minimum Gasteiger partial charge on any atom is -0.346 e. The van der Waals surface area contributed by atoms with Crippen LogP contribution in [-0.2, 0) is 16.6 Å². The van der Waals surface area contributed by atoms with Crippen molar-refractivity contribution in [2.45, 2.75) is 77.3 Å². The SMILES string of the molecule is C=CCN1CCN(CCc2c(-c3cc(C)cc(C)c3)[nH]c3sc(C(C)(C)C(=O)N4C5CCC4CC5)cc23)CC1. The van der Waals surface area contributed by atoms with Crippen molar-refractivity contribution >= 4 is 27.5 Å². The molecule has 1 amide bonds. The molecule has 39 heavy (non-hydrogen) atoms. The van der Waals surface area contributed by atoms with Gasteiger partial charge in [0.05, 0.1) is 11.1 Å². The van der Waals surface area contributed by atoms with Crippen molar-refractivity contribution in [2.75, 3.05) is 39.3 Å². The van der Waals surface area contributed by atoms with Gasteiger partial charge in [0.25, 0.3) is 0 Å². The smallest absolute Gasteiger partial charge is 0.233 e. The number of thiophene rings is 1. The van der Waals surface area contributed by atoms with Crippen molar-refractivity contribution < 1.29 is 4.79 Å². The molecule has 0 radical (unpaired) electrons. The molecule has 0 aliphatic carbocycles. The van der Waals surface area contributed by atoms with Gasteiger partial charge in [-0.3, -0.25) is 9.69 Å². The van der Waals surface area contributed by atoms with Crippen LogP contribution in [0, 0.1) is 13.8 Å². The number of carbonyl (C=O) groups is 1. The van der Waals surface area contributed by atoms with E-state index in [2.05, 4.69) is 78.2 Å². The van der Waals surface area contributed by atoms with Crippen LogP contribution in [0.5, 0.6) is 0 Å². The van der Waals surface area contributed by atoms with Gasteiger partial charge in [-0.25, -0.2) is 0 Å². The monoisotopic (exact) mass is 544 g/mol. The quantitative estimate of drug-likeness (QED) is 0.339. The van der Waals surface area contributed by atoms with Gasteiger partial charge < -0.3 is 14.8 Å². The molecule has 5 heterocycles. The fourth-order valence-corrected chi connectivity index (χ4v) is 8.47. The lowest BCUT2D eigenvalue weighted by Crippen LogP contribution is -2.46. The molecule has 0 saturated carbocycles. The highest BCUT2D eigenvalue weighted by molar-refractivity contribution is 7.19. The molecule has 6 rings (SSSR count). The van der Waals surface area contributed by atoms with Crippen LogP contribution >= 0.6 is 11.3 Å². The van der Waals surface area contributed by atoms with Crippen molar-refractivity contribution in [3.05, 3.63) is 58.5 Å². The van der Waals surface area contributed by atoms with Crippen LogP contribution < -0.4 is 0 Å². The van der Waals surface area contributed by atoms with Crippen molar-refractivity contribution in [3.63, 3.8) is 0 Å². The van der Waals surface area contributed by atoms with E-state index in [9.17, 15) is 4.79 Å². The van der Waals surface area contributed by atoms with Crippen LogP contribution in [0.4, 0.5) is 0 Å². The lowest BCUT2D eigenvalue weighted by atomic mass is 9.88. The molecular formula is C33H44N4OS. The number of piperazine rings is 1. The Bertz CT molecular complexity index is 1340. The number of nitrogens with one attached hydrogen (secondary N) is 1. The molecule has 1 N–H and O–H groups in total. The van der Waals surface area contributed by atoms with E-state index in [-0.39, 0.29) is 0 Å². The zero-order chi connectivity index (χ0) is 27.3. The maximum atomic E-state index is 13.9. The van der Waals surface area contributed by atoms with E-state index in [0.717, 1.165) is 45.7 Å². The number of H-pyrrole nitrogens is 1. The van der Waals surface area contributed by atoms with E-state index in [1.165, 1.54) is 68.7 Å². The summed E-state index contributed by atoms with van der Waals surface area (Å²) in [6.07, 6.45) is 7.75. The zero-order valence-electron chi connectivity index (χ0n) is 24.2. The minimum atomic E-state index is -0.505. The van der Waals surface area contributed by atoms with Crippen molar-refractivity contribution in [2.24, 2.45) is 0 Å². The van der Waals surface area contributed by atoms with Gasteiger partial charge in [0.1, 0.15) is 4.83 Å². The number of aryl methyl sites for hydroxylation is 2. The van der Waals surface area contributed by atoms with Gasteiger partial charge in [-0.1, -0.05) is 23.3 Å². The van der Waals surface area contributed by atoms with E-state index in [4.69, 9.17) is 0 Å². The van der Waals surface area contributed by atoms with Crippen molar-refractivity contribution in [3.8, 4) is 11.3 Å². The van der Waals surface area contributed by atoms with Gasteiger partial charge in [-0.05, 0) is 89.1 Å². The molecule has 5 nitrogen and oxygen atoms in total. The Hall–Kier alpha value is -2.41. The first kappa shape index (κ1) is 26.8. The summed E-state index contributed by atoms with van der Waals surface area (Å²) in [7, 11) is 0. The summed E-state index contributed by atoms with van der Waals surface area (Å²) in [5.41, 5.74) is 6.00. The van der Waals surface area contributed by atoms with Crippen LogP contribution in [-0.4, -0.2) is 76.9 Å². The average Bonchev–Trinajstić information content (AvgIpc) is 3.68. The lowest BCUT2D eigenvalue weighted by Gasteiger charge is -2.34. The molecule has 3 aliphatic rings. The molecule has 2 aromatic heterocycles. The number of aromatic nitrogens is 1. The molecule has 208 valence electrons. The van der Waals surface area contributed by atoms with Crippen LogP contribution in [0.3, 0.4) is 0 Å². The maximum absolute atomic E-state index is 13.9. The summed E-state index contributed by atoms with van der Waals surface area (Å²) in [5, 5.41) is 1.31. The highest BCUT2D eigenvalue weighted by Gasteiger charge is 2.47. The number of carbonyl (C=O) groups excluding carboxylic acids is 1. The number of rotatable bonds is 8. The zero-order valence-corrected chi connectivity index (χ0v) is 25.0. The standard InChI is InChI=1S/C33H44N4OS/c1-6-12-35-14-16-36(17-15-35)13-11-27-28-21-29(33(4,5)32(38)37-25-7-8-26(37)10-9-25)39-31(28)34-30(27)24-19-22(2)18-23(3)20-24/h6,18-21,25-26,34H,1,7-17H2,2-5H3. The Morgan fingerprint density at radius 2 is 1.62 bits per heavy atom. The molecule has 0 atom stereocenters. The summed E-state index contributed by atoms with van der Waals surface area (Å²) in [6, 6.07) is 10.1. The Balaban J connectivity index is 1.31. The van der Waals surface area contributed by atoms with Crippen LogP contribution in [0.15, 0.2) is 36.9 Å². The topological polar surface area (TPSA) is 42.6 Å². The van der Waals surface area contributed by atoms with Gasteiger partial charge in [-0.2, -0.15) is 0 Å². The van der Waals surface area contributed by atoms with Gasteiger partial charge >= 0.3 is 0 Å². The molecule has 0 spiro atoms. The first-order valence-electron chi connectivity index (χ1n) is 14.9. The first-order chi connectivity index (χ1) is 18.7. The Morgan fingerprint density at radius 1 is 1.00 bits per heavy atom.